The van der Waals surface area contributed by atoms with Gasteiger partial charge in [-0.25, -0.2) is 12.7 Å². The van der Waals surface area contributed by atoms with Crippen LogP contribution in [0.3, 0.4) is 0 Å². The molecule has 2 aliphatic rings. The SMILES string of the molecule is CCS(=O)(=O)N1CCC(C2CNc3c(C(N)=O)cc(N(C)c4ccccc4)cc32)CC1. The van der Waals surface area contributed by atoms with E-state index in [0.717, 1.165) is 42.0 Å². The van der Waals surface area contributed by atoms with Gasteiger partial charge >= 0.3 is 0 Å². The van der Waals surface area contributed by atoms with Crippen molar-refractivity contribution >= 4 is 33.0 Å². The van der Waals surface area contributed by atoms with Crippen molar-refractivity contribution in [2.45, 2.75) is 25.7 Å². The van der Waals surface area contributed by atoms with E-state index in [-0.39, 0.29) is 11.7 Å². The largest absolute Gasteiger partial charge is 0.384 e. The number of nitrogens with zero attached hydrogens (tertiary/aromatic N) is 2. The van der Waals surface area contributed by atoms with Gasteiger partial charge in [0.05, 0.1) is 17.0 Å². The summed E-state index contributed by atoms with van der Waals surface area (Å²) in [7, 11) is -1.17. The van der Waals surface area contributed by atoms with E-state index in [1.807, 2.05) is 43.4 Å². The Morgan fingerprint density at radius 3 is 2.45 bits per heavy atom. The Bertz CT molecular complexity index is 1060. The summed E-state index contributed by atoms with van der Waals surface area (Å²) >= 11 is 0. The maximum Gasteiger partial charge on any atom is 0.250 e. The van der Waals surface area contributed by atoms with Crippen molar-refractivity contribution in [3.05, 3.63) is 53.6 Å². The summed E-state index contributed by atoms with van der Waals surface area (Å²) in [6.07, 6.45) is 1.63. The first-order valence-corrected chi connectivity index (χ1v) is 12.4. The Morgan fingerprint density at radius 2 is 1.84 bits per heavy atom. The third-order valence-corrected chi connectivity index (χ3v) is 8.56. The average molecular weight is 443 g/mol. The summed E-state index contributed by atoms with van der Waals surface area (Å²) in [4.78, 5) is 14.3. The minimum Gasteiger partial charge on any atom is -0.384 e. The zero-order valence-electron chi connectivity index (χ0n) is 18.0. The van der Waals surface area contributed by atoms with Gasteiger partial charge in [-0.15, -0.1) is 0 Å². The van der Waals surface area contributed by atoms with Gasteiger partial charge in [0, 0.05) is 44.0 Å². The average Bonchev–Trinajstić information content (AvgIpc) is 3.22. The van der Waals surface area contributed by atoms with E-state index in [0.29, 0.717) is 24.6 Å². The Labute approximate surface area is 184 Å². The van der Waals surface area contributed by atoms with Gasteiger partial charge in [-0.05, 0) is 55.5 Å². The third kappa shape index (κ3) is 4.14. The molecule has 0 radical (unpaired) electrons. The summed E-state index contributed by atoms with van der Waals surface area (Å²) in [5.41, 5.74) is 10.1. The number of primary amides is 1. The highest BCUT2D eigenvalue weighted by Crippen LogP contribution is 2.44. The standard InChI is InChI=1S/C23H30N4O3S/c1-3-31(29,30)27-11-9-16(10-12-27)21-15-25-22-19(21)13-18(14-20(22)23(24)28)26(2)17-7-5-4-6-8-17/h4-8,13-14,16,21,25H,3,9-12,15H2,1-2H3,(H2,24,28). The van der Waals surface area contributed by atoms with Crippen LogP contribution in [-0.2, 0) is 10.0 Å². The summed E-state index contributed by atoms with van der Waals surface area (Å²) in [5, 5.41) is 3.40. The van der Waals surface area contributed by atoms with Gasteiger partial charge in [0.25, 0.3) is 5.91 Å². The number of piperidine rings is 1. The fourth-order valence-corrected chi connectivity index (χ4v) is 5.94. The molecule has 2 aromatic rings. The molecule has 3 N–H and O–H groups in total. The highest BCUT2D eigenvalue weighted by Gasteiger charge is 2.36. The number of hydrogen-bond acceptors (Lipinski definition) is 5. The lowest BCUT2D eigenvalue weighted by Crippen LogP contribution is -2.40. The molecule has 1 saturated heterocycles. The van der Waals surface area contributed by atoms with Crippen LogP contribution in [0.1, 0.15) is 41.6 Å². The quantitative estimate of drug-likeness (QED) is 0.717. The Morgan fingerprint density at radius 1 is 1.16 bits per heavy atom. The predicted molar refractivity (Wildman–Crippen MR) is 124 cm³/mol. The van der Waals surface area contributed by atoms with E-state index >= 15 is 0 Å². The number of rotatable bonds is 6. The molecule has 0 bridgehead atoms. The first-order chi connectivity index (χ1) is 14.8. The van der Waals surface area contributed by atoms with Crippen LogP contribution in [0.4, 0.5) is 17.1 Å². The molecular weight excluding hydrogens is 412 g/mol. The number of carbonyl (C=O) groups excluding carboxylic acids is 1. The molecule has 166 valence electrons. The van der Waals surface area contributed by atoms with Crippen molar-refractivity contribution in [1.29, 1.82) is 0 Å². The Kier molecular flexibility index (Phi) is 5.94. The highest BCUT2D eigenvalue weighted by molar-refractivity contribution is 7.89. The minimum atomic E-state index is -3.15. The van der Waals surface area contributed by atoms with Crippen LogP contribution in [-0.4, -0.2) is 51.1 Å². The molecule has 0 spiro atoms. The van der Waals surface area contributed by atoms with Crippen LogP contribution in [0.25, 0.3) is 0 Å². The zero-order chi connectivity index (χ0) is 22.2. The summed E-state index contributed by atoms with van der Waals surface area (Å²) in [6.45, 7) is 3.53. The number of amides is 1. The molecule has 1 fully saturated rings. The summed E-state index contributed by atoms with van der Waals surface area (Å²) in [5.74, 6) is 0.276. The van der Waals surface area contributed by atoms with Crippen molar-refractivity contribution in [3.8, 4) is 0 Å². The van der Waals surface area contributed by atoms with Crippen LogP contribution >= 0.6 is 0 Å². The van der Waals surface area contributed by atoms with Gasteiger partial charge in [-0.2, -0.15) is 0 Å². The molecule has 7 nitrogen and oxygen atoms in total. The van der Waals surface area contributed by atoms with Gasteiger partial charge in [0.2, 0.25) is 10.0 Å². The van der Waals surface area contributed by atoms with E-state index in [1.54, 1.807) is 11.2 Å². The van der Waals surface area contributed by atoms with E-state index in [2.05, 4.69) is 16.3 Å². The monoisotopic (exact) mass is 442 g/mol. The van der Waals surface area contributed by atoms with Crippen molar-refractivity contribution in [3.63, 3.8) is 0 Å². The van der Waals surface area contributed by atoms with Gasteiger partial charge in [-0.1, -0.05) is 18.2 Å². The topological polar surface area (TPSA) is 95.7 Å². The van der Waals surface area contributed by atoms with Crippen molar-refractivity contribution in [2.75, 3.05) is 42.7 Å². The smallest absolute Gasteiger partial charge is 0.250 e. The number of fused-ring (bicyclic) bond motifs is 1. The minimum absolute atomic E-state index is 0.142. The maximum atomic E-state index is 12.2. The van der Waals surface area contributed by atoms with Crippen molar-refractivity contribution in [2.24, 2.45) is 11.7 Å². The molecule has 31 heavy (non-hydrogen) atoms. The first kappa shape index (κ1) is 21.6. The van der Waals surface area contributed by atoms with Crippen LogP contribution in [0, 0.1) is 5.92 Å². The molecule has 2 heterocycles. The molecule has 4 rings (SSSR count). The molecule has 2 aromatic carbocycles. The van der Waals surface area contributed by atoms with Gasteiger partial charge in [0.15, 0.2) is 0 Å². The van der Waals surface area contributed by atoms with Crippen LogP contribution < -0.4 is 16.0 Å². The predicted octanol–water partition coefficient (Wildman–Crippen LogP) is 3.12. The van der Waals surface area contributed by atoms with Crippen molar-refractivity contribution in [1.82, 2.24) is 4.31 Å². The Hall–Kier alpha value is -2.58. The third-order valence-electron chi connectivity index (χ3n) is 6.67. The first-order valence-electron chi connectivity index (χ1n) is 10.8. The number of nitrogens with one attached hydrogen (secondary N) is 1. The normalized spacial score (nSPS) is 19.6. The zero-order valence-corrected chi connectivity index (χ0v) is 18.9. The van der Waals surface area contributed by atoms with E-state index < -0.39 is 15.9 Å². The fourth-order valence-electron chi connectivity index (χ4n) is 4.81. The molecule has 0 aromatic heterocycles. The lowest BCUT2D eigenvalue weighted by Gasteiger charge is -2.34. The summed E-state index contributed by atoms with van der Waals surface area (Å²) in [6, 6.07) is 14.0. The van der Waals surface area contributed by atoms with Crippen molar-refractivity contribution < 1.29 is 13.2 Å². The molecule has 0 aliphatic carbocycles. The molecule has 1 atom stereocenters. The van der Waals surface area contributed by atoms with Gasteiger partial charge in [-0.3, -0.25) is 4.79 Å². The fraction of sp³-hybridized carbons (Fsp3) is 0.435. The van der Waals surface area contributed by atoms with E-state index in [1.165, 1.54) is 0 Å². The number of anilines is 3. The molecule has 2 aliphatic heterocycles. The van der Waals surface area contributed by atoms with Gasteiger partial charge in [0.1, 0.15) is 0 Å². The van der Waals surface area contributed by atoms with E-state index in [9.17, 15) is 13.2 Å². The second-order valence-electron chi connectivity index (χ2n) is 8.34. The summed E-state index contributed by atoms with van der Waals surface area (Å²) < 4.78 is 26.0. The Balaban J connectivity index is 1.63. The van der Waals surface area contributed by atoms with E-state index in [4.69, 9.17) is 5.73 Å². The molecule has 8 heteroatoms. The number of nitrogens with two attached hydrogens (primary N) is 1. The highest BCUT2D eigenvalue weighted by atomic mass is 32.2. The van der Waals surface area contributed by atoms with Crippen LogP contribution in [0.5, 0.6) is 0 Å². The number of benzene rings is 2. The lowest BCUT2D eigenvalue weighted by atomic mass is 9.81. The van der Waals surface area contributed by atoms with Crippen LogP contribution in [0.15, 0.2) is 42.5 Å². The molecule has 1 unspecified atom stereocenters. The number of para-hydroxylation sites is 1. The number of hydrogen-bond donors (Lipinski definition) is 2. The second kappa shape index (κ2) is 8.51. The lowest BCUT2D eigenvalue weighted by molar-refractivity contribution is 0.100. The molecule has 0 saturated carbocycles. The molecular formula is C23H30N4O3S. The number of sulfonamides is 1. The molecule has 1 amide bonds. The van der Waals surface area contributed by atoms with Gasteiger partial charge < -0.3 is 16.0 Å². The maximum absolute atomic E-state index is 12.2. The number of carbonyl (C=O) groups is 1. The van der Waals surface area contributed by atoms with Crippen LogP contribution in [0.2, 0.25) is 0 Å². The second-order valence-corrected chi connectivity index (χ2v) is 10.6.